The summed E-state index contributed by atoms with van der Waals surface area (Å²) in [6.07, 6.45) is 4.18. The molecule has 0 saturated carbocycles. The highest BCUT2D eigenvalue weighted by atomic mass is 16.5. The zero-order chi connectivity index (χ0) is 21.3. The molecule has 0 aliphatic carbocycles. The maximum Gasteiger partial charge on any atom is 0.219 e. The summed E-state index contributed by atoms with van der Waals surface area (Å²) in [7, 11) is 0. The summed E-state index contributed by atoms with van der Waals surface area (Å²) in [5.74, 6) is 2.12. The van der Waals surface area contributed by atoms with E-state index >= 15 is 0 Å². The van der Waals surface area contributed by atoms with Crippen LogP contribution in [0.3, 0.4) is 0 Å². The van der Waals surface area contributed by atoms with Crippen LogP contribution in [-0.2, 0) is 17.8 Å². The molecule has 0 radical (unpaired) electrons. The van der Waals surface area contributed by atoms with E-state index in [-0.39, 0.29) is 5.91 Å². The molecule has 5 heteroatoms. The Morgan fingerprint density at radius 2 is 1.93 bits per heavy atom. The molecule has 0 saturated heterocycles. The van der Waals surface area contributed by atoms with E-state index < -0.39 is 0 Å². The molecule has 1 heterocycles. The van der Waals surface area contributed by atoms with Crippen molar-refractivity contribution < 1.29 is 9.53 Å². The number of ether oxygens (including phenoxy) is 1. The van der Waals surface area contributed by atoms with E-state index in [2.05, 4.69) is 48.0 Å². The SMILES string of the molecule is CCCC(=O)NCCc1nc2ccccc2n1CCCCOc1cccc(C)c1C. The lowest BCUT2D eigenvalue weighted by Crippen LogP contribution is -2.26. The number of imidazole rings is 1. The zero-order valence-corrected chi connectivity index (χ0v) is 18.4. The molecule has 0 unspecified atom stereocenters. The Bertz CT molecular complexity index is 978. The molecule has 0 aliphatic rings. The second-order valence-corrected chi connectivity index (χ2v) is 7.77. The molecule has 5 nitrogen and oxygen atoms in total. The third kappa shape index (κ3) is 5.62. The summed E-state index contributed by atoms with van der Waals surface area (Å²) >= 11 is 0. The second-order valence-electron chi connectivity index (χ2n) is 7.77. The van der Waals surface area contributed by atoms with E-state index in [4.69, 9.17) is 9.72 Å². The fourth-order valence-corrected chi connectivity index (χ4v) is 3.63. The van der Waals surface area contributed by atoms with Gasteiger partial charge in [0.15, 0.2) is 0 Å². The van der Waals surface area contributed by atoms with Crippen molar-refractivity contribution in [2.24, 2.45) is 0 Å². The molecule has 1 aromatic heterocycles. The molecule has 0 fully saturated rings. The topological polar surface area (TPSA) is 56.2 Å². The molecule has 0 bridgehead atoms. The van der Waals surface area contributed by atoms with Crippen LogP contribution in [0.5, 0.6) is 5.75 Å². The first kappa shape index (κ1) is 21.9. The monoisotopic (exact) mass is 407 g/mol. The number of unbranched alkanes of at least 4 members (excludes halogenated alkanes) is 1. The first-order valence-electron chi connectivity index (χ1n) is 11.0. The highest BCUT2D eigenvalue weighted by Gasteiger charge is 2.11. The highest BCUT2D eigenvalue weighted by molar-refractivity contribution is 5.76. The minimum absolute atomic E-state index is 0.115. The van der Waals surface area contributed by atoms with Crippen molar-refractivity contribution >= 4 is 16.9 Å². The van der Waals surface area contributed by atoms with Crippen LogP contribution >= 0.6 is 0 Å². The number of fused-ring (bicyclic) bond motifs is 1. The number of hydrogen-bond donors (Lipinski definition) is 1. The minimum Gasteiger partial charge on any atom is -0.493 e. The second kappa shape index (κ2) is 10.8. The third-order valence-corrected chi connectivity index (χ3v) is 5.47. The number of nitrogens with one attached hydrogen (secondary N) is 1. The Morgan fingerprint density at radius 1 is 1.10 bits per heavy atom. The van der Waals surface area contributed by atoms with Crippen molar-refractivity contribution in [1.82, 2.24) is 14.9 Å². The largest absolute Gasteiger partial charge is 0.493 e. The third-order valence-electron chi connectivity index (χ3n) is 5.47. The van der Waals surface area contributed by atoms with Gasteiger partial charge in [0.25, 0.3) is 0 Å². The van der Waals surface area contributed by atoms with E-state index in [1.165, 1.54) is 11.1 Å². The summed E-state index contributed by atoms with van der Waals surface area (Å²) in [5, 5.41) is 3.00. The van der Waals surface area contributed by atoms with Crippen LogP contribution in [0.1, 0.15) is 49.6 Å². The number of carbonyl (C=O) groups is 1. The Balaban J connectivity index is 1.56. The number of benzene rings is 2. The number of rotatable bonds is 11. The average Bonchev–Trinajstić information content (AvgIpc) is 3.08. The van der Waals surface area contributed by atoms with E-state index in [0.717, 1.165) is 54.8 Å². The average molecular weight is 408 g/mol. The van der Waals surface area contributed by atoms with Gasteiger partial charge in [-0.05, 0) is 62.4 Å². The van der Waals surface area contributed by atoms with Gasteiger partial charge in [0, 0.05) is 25.9 Å². The lowest BCUT2D eigenvalue weighted by Gasteiger charge is -2.12. The molecule has 2 aromatic carbocycles. The Labute approximate surface area is 179 Å². The smallest absolute Gasteiger partial charge is 0.219 e. The molecule has 30 heavy (non-hydrogen) atoms. The first-order valence-corrected chi connectivity index (χ1v) is 11.0. The van der Waals surface area contributed by atoms with Crippen molar-refractivity contribution in [3.8, 4) is 5.75 Å². The number of aromatic nitrogens is 2. The van der Waals surface area contributed by atoms with Gasteiger partial charge >= 0.3 is 0 Å². The van der Waals surface area contributed by atoms with Gasteiger partial charge in [0.1, 0.15) is 11.6 Å². The molecule has 3 rings (SSSR count). The quantitative estimate of drug-likeness (QED) is 0.457. The summed E-state index contributed by atoms with van der Waals surface area (Å²) in [4.78, 5) is 16.5. The number of aryl methyl sites for hydroxylation is 2. The van der Waals surface area contributed by atoms with Gasteiger partial charge < -0.3 is 14.6 Å². The lowest BCUT2D eigenvalue weighted by atomic mass is 10.1. The molecular weight excluding hydrogens is 374 g/mol. The summed E-state index contributed by atoms with van der Waals surface area (Å²) in [6, 6.07) is 14.4. The molecule has 1 N–H and O–H groups in total. The fourth-order valence-electron chi connectivity index (χ4n) is 3.63. The molecule has 0 aliphatic heterocycles. The van der Waals surface area contributed by atoms with E-state index in [0.29, 0.717) is 19.6 Å². The normalized spacial score (nSPS) is 11.0. The van der Waals surface area contributed by atoms with Crippen LogP contribution in [0.4, 0.5) is 0 Å². The van der Waals surface area contributed by atoms with Gasteiger partial charge in [-0.15, -0.1) is 0 Å². The Hall–Kier alpha value is -2.82. The predicted molar refractivity (Wildman–Crippen MR) is 122 cm³/mol. The van der Waals surface area contributed by atoms with Crippen LogP contribution in [0, 0.1) is 13.8 Å². The van der Waals surface area contributed by atoms with Crippen LogP contribution in [-0.4, -0.2) is 28.6 Å². The predicted octanol–water partition coefficient (Wildman–Crippen LogP) is 4.97. The summed E-state index contributed by atoms with van der Waals surface area (Å²) in [5.41, 5.74) is 4.64. The van der Waals surface area contributed by atoms with Gasteiger partial charge in [-0.25, -0.2) is 4.98 Å². The van der Waals surface area contributed by atoms with Crippen molar-refractivity contribution in [1.29, 1.82) is 0 Å². The fraction of sp³-hybridized carbons (Fsp3) is 0.440. The van der Waals surface area contributed by atoms with Crippen molar-refractivity contribution in [2.45, 2.75) is 59.4 Å². The highest BCUT2D eigenvalue weighted by Crippen LogP contribution is 2.21. The molecule has 160 valence electrons. The molecular formula is C25H33N3O2. The summed E-state index contributed by atoms with van der Waals surface area (Å²) < 4.78 is 8.29. The Morgan fingerprint density at radius 3 is 2.77 bits per heavy atom. The van der Waals surface area contributed by atoms with Gasteiger partial charge in [-0.1, -0.05) is 31.2 Å². The number of para-hydroxylation sites is 2. The van der Waals surface area contributed by atoms with Crippen molar-refractivity contribution in [3.63, 3.8) is 0 Å². The van der Waals surface area contributed by atoms with Crippen LogP contribution in [0.2, 0.25) is 0 Å². The van der Waals surface area contributed by atoms with Crippen LogP contribution < -0.4 is 10.1 Å². The lowest BCUT2D eigenvalue weighted by molar-refractivity contribution is -0.121. The molecule has 0 atom stereocenters. The Kier molecular flexibility index (Phi) is 7.89. The van der Waals surface area contributed by atoms with Crippen molar-refractivity contribution in [2.75, 3.05) is 13.2 Å². The van der Waals surface area contributed by atoms with Crippen LogP contribution in [0.15, 0.2) is 42.5 Å². The molecule has 3 aromatic rings. The maximum atomic E-state index is 11.7. The standard InChI is InChI=1S/C25H33N3O2/c1-4-10-25(29)26-16-15-24-27-21-12-5-6-13-22(21)28(24)17-7-8-18-30-23-14-9-11-19(2)20(23)3/h5-6,9,11-14H,4,7-8,10,15-18H2,1-3H3,(H,26,29). The van der Waals surface area contributed by atoms with E-state index in [1.807, 2.05) is 25.1 Å². The van der Waals surface area contributed by atoms with Crippen LogP contribution in [0.25, 0.3) is 11.0 Å². The number of nitrogens with zero attached hydrogens (tertiary/aromatic N) is 2. The van der Waals surface area contributed by atoms with Crippen molar-refractivity contribution in [3.05, 3.63) is 59.4 Å². The number of carbonyl (C=O) groups excluding carboxylic acids is 1. The van der Waals surface area contributed by atoms with Gasteiger partial charge in [-0.2, -0.15) is 0 Å². The number of amides is 1. The summed E-state index contributed by atoms with van der Waals surface area (Å²) in [6.45, 7) is 8.46. The van der Waals surface area contributed by atoms with E-state index in [9.17, 15) is 4.79 Å². The minimum atomic E-state index is 0.115. The van der Waals surface area contributed by atoms with Gasteiger partial charge in [0.05, 0.1) is 17.6 Å². The first-order chi connectivity index (χ1) is 14.6. The van der Waals surface area contributed by atoms with Gasteiger partial charge in [-0.3, -0.25) is 4.79 Å². The number of hydrogen-bond acceptors (Lipinski definition) is 3. The maximum absolute atomic E-state index is 11.7. The molecule has 1 amide bonds. The van der Waals surface area contributed by atoms with Gasteiger partial charge in [0.2, 0.25) is 5.91 Å². The zero-order valence-electron chi connectivity index (χ0n) is 18.4. The van der Waals surface area contributed by atoms with E-state index in [1.54, 1.807) is 0 Å². The molecule has 0 spiro atoms.